The summed E-state index contributed by atoms with van der Waals surface area (Å²) in [5.74, 6) is 0.558. The number of imidazole rings is 1. The summed E-state index contributed by atoms with van der Waals surface area (Å²) in [4.78, 5) is 0. The first-order chi connectivity index (χ1) is 7.13. The number of fused-ring (bicyclic) bond motifs is 1. The van der Waals surface area contributed by atoms with Crippen molar-refractivity contribution in [2.24, 2.45) is 5.92 Å². The normalized spacial score (nSPS) is 11.1. The summed E-state index contributed by atoms with van der Waals surface area (Å²) in [7, 11) is 0. The van der Waals surface area contributed by atoms with Crippen molar-refractivity contribution >= 4 is 5.65 Å². The molecule has 78 valence electrons. The van der Waals surface area contributed by atoms with E-state index in [4.69, 9.17) is 5.26 Å². The van der Waals surface area contributed by atoms with Crippen molar-refractivity contribution in [2.75, 3.05) is 0 Å². The smallest absolute Gasteiger partial charge is 0.154 e. The molecule has 0 aliphatic heterocycles. The number of hydrogen-bond donors (Lipinski definition) is 0. The lowest BCUT2D eigenvalue weighted by molar-refractivity contribution is 0.533. The molecule has 0 N–H and O–H groups in total. The molecule has 15 heavy (non-hydrogen) atoms. The fourth-order valence-electron chi connectivity index (χ4n) is 1.80. The van der Waals surface area contributed by atoms with E-state index in [1.807, 2.05) is 19.3 Å². The summed E-state index contributed by atoms with van der Waals surface area (Å²) in [6, 6.07) is 2.21. The molecular weight excluding hydrogens is 188 g/mol. The van der Waals surface area contributed by atoms with Gasteiger partial charge >= 0.3 is 0 Å². The van der Waals surface area contributed by atoms with Gasteiger partial charge in [-0.15, -0.1) is 0 Å². The first-order valence-corrected chi connectivity index (χ1v) is 5.07. The zero-order valence-electron chi connectivity index (χ0n) is 9.23. The van der Waals surface area contributed by atoms with Crippen LogP contribution in [0, 0.1) is 24.2 Å². The SMILES string of the molecule is Cc1nn2ccn(CC(C)C)c2c1C#N. The van der Waals surface area contributed by atoms with Gasteiger partial charge in [0.25, 0.3) is 0 Å². The van der Waals surface area contributed by atoms with Crippen molar-refractivity contribution < 1.29 is 0 Å². The highest BCUT2D eigenvalue weighted by atomic mass is 15.3. The Morgan fingerprint density at radius 1 is 1.47 bits per heavy atom. The summed E-state index contributed by atoms with van der Waals surface area (Å²) >= 11 is 0. The molecular formula is C11H14N4. The summed E-state index contributed by atoms with van der Waals surface area (Å²) in [6.45, 7) is 7.10. The Bertz CT molecular complexity index is 525. The quantitative estimate of drug-likeness (QED) is 0.747. The second-order valence-corrected chi connectivity index (χ2v) is 4.18. The van der Waals surface area contributed by atoms with Gasteiger partial charge in [-0.2, -0.15) is 10.4 Å². The van der Waals surface area contributed by atoms with Gasteiger partial charge in [-0.25, -0.2) is 4.52 Å². The third-order valence-corrected chi connectivity index (χ3v) is 2.39. The van der Waals surface area contributed by atoms with Crippen molar-refractivity contribution in [3.8, 4) is 6.07 Å². The predicted octanol–water partition coefficient (Wildman–Crippen LogP) is 1.97. The third kappa shape index (κ3) is 1.50. The average molecular weight is 202 g/mol. The van der Waals surface area contributed by atoms with Crippen LogP contribution in [0.25, 0.3) is 5.65 Å². The van der Waals surface area contributed by atoms with Crippen LogP contribution in [-0.4, -0.2) is 14.2 Å². The zero-order chi connectivity index (χ0) is 11.0. The molecule has 4 heteroatoms. The Morgan fingerprint density at radius 2 is 2.20 bits per heavy atom. The maximum atomic E-state index is 9.07. The van der Waals surface area contributed by atoms with Crippen LogP contribution in [0.3, 0.4) is 0 Å². The Labute approximate surface area is 88.7 Å². The molecule has 0 saturated heterocycles. The van der Waals surface area contributed by atoms with Gasteiger partial charge in [0, 0.05) is 18.9 Å². The van der Waals surface area contributed by atoms with Gasteiger partial charge in [-0.05, 0) is 12.8 Å². The molecule has 0 aliphatic carbocycles. The number of aryl methyl sites for hydroxylation is 1. The monoisotopic (exact) mass is 202 g/mol. The van der Waals surface area contributed by atoms with E-state index in [0.717, 1.165) is 17.9 Å². The minimum Gasteiger partial charge on any atom is -0.330 e. The minimum absolute atomic E-state index is 0.558. The number of nitriles is 1. The van der Waals surface area contributed by atoms with E-state index in [1.54, 1.807) is 4.52 Å². The molecule has 2 heterocycles. The predicted molar refractivity (Wildman–Crippen MR) is 57.5 cm³/mol. The van der Waals surface area contributed by atoms with Crippen molar-refractivity contribution in [1.29, 1.82) is 5.26 Å². The standard InChI is InChI=1S/C11H14N4/c1-8(2)7-14-4-5-15-11(14)10(6-12)9(3)13-15/h4-5,8H,7H2,1-3H3. The number of nitrogens with zero attached hydrogens (tertiary/aromatic N) is 4. The largest absolute Gasteiger partial charge is 0.330 e. The van der Waals surface area contributed by atoms with Crippen LogP contribution >= 0.6 is 0 Å². The highest BCUT2D eigenvalue weighted by molar-refractivity contribution is 5.58. The molecule has 0 aliphatic rings. The van der Waals surface area contributed by atoms with E-state index in [0.29, 0.717) is 11.5 Å². The molecule has 0 unspecified atom stereocenters. The van der Waals surface area contributed by atoms with Gasteiger partial charge in [-0.1, -0.05) is 13.8 Å². The van der Waals surface area contributed by atoms with Gasteiger partial charge < -0.3 is 4.57 Å². The Balaban J connectivity index is 2.62. The van der Waals surface area contributed by atoms with E-state index in [2.05, 4.69) is 29.6 Å². The third-order valence-electron chi connectivity index (χ3n) is 2.39. The number of hydrogen-bond acceptors (Lipinski definition) is 2. The lowest BCUT2D eigenvalue weighted by atomic mass is 10.2. The lowest BCUT2D eigenvalue weighted by Crippen LogP contribution is -2.03. The van der Waals surface area contributed by atoms with Crippen LogP contribution in [0.1, 0.15) is 25.1 Å². The van der Waals surface area contributed by atoms with Crippen LogP contribution in [0.5, 0.6) is 0 Å². The van der Waals surface area contributed by atoms with E-state index >= 15 is 0 Å². The molecule has 0 aromatic carbocycles. The van der Waals surface area contributed by atoms with Crippen molar-refractivity contribution in [1.82, 2.24) is 14.2 Å². The van der Waals surface area contributed by atoms with Gasteiger partial charge in [0.2, 0.25) is 0 Å². The molecule has 2 aromatic heterocycles. The Kier molecular flexibility index (Phi) is 2.24. The first-order valence-electron chi connectivity index (χ1n) is 5.07. The highest BCUT2D eigenvalue weighted by Crippen LogP contribution is 2.16. The number of aromatic nitrogens is 3. The molecule has 0 atom stereocenters. The van der Waals surface area contributed by atoms with Crippen molar-refractivity contribution in [3.63, 3.8) is 0 Å². The second-order valence-electron chi connectivity index (χ2n) is 4.18. The average Bonchev–Trinajstić information content (AvgIpc) is 2.65. The van der Waals surface area contributed by atoms with Crippen LogP contribution < -0.4 is 0 Å². The Hall–Kier alpha value is -1.76. The second kappa shape index (κ2) is 3.43. The molecule has 0 radical (unpaired) electrons. The molecule has 0 saturated carbocycles. The van der Waals surface area contributed by atoms with Gasteiger partial charge in [0.05, 0.1) is 5.69 Å². The summed E-state index contributed by atoms with van der Waals surface area (Å²) in [6.07, 6.45) is 3.87. The zero-order valence-corrected chi connectivity index (χ0v) is 9.23. The first kappa shape index (κ1) is 9.78. The molecule has 0 bridgehead atoms. The van der Waals surface area contributed by atoms with Crippen molar-refractivity contribution in [3.05, 3.63) is 23.7 Å². The molecule has 2 aromatic rings. The van der Waals surface area contributed by atoms with Gasteiger partial charge in [0.1, 0.15) is 11.6 Å². The van der Waals surface area contributed by atoms with Crippen LogP contribution in [0.2, 0.25) is 0 Å². The fraction of sp³-hybridized carbons (Fsp3) is 0.455. The topological polar surface area (TPSA) is 46.0 Å². The summed E-state index contributed by atoms with van der Waals surface area (Å²) in [5, 5.41) is 13.4. The maximum Gasteiger partial charge on any atom is 0.154 e. The summed E-state index contributed by atoms with van der Waals surface area (Å²) in [5.41, 5.74) is 2.38. The molecule has 0 spiro atoms. The summed E-state index contributed by atoms with van der Waals surface area (Å²) < 4.78 is 3.86. The van der Waals surface area contributed by atoms with E-state index in [-0.39, 0.29) is 0 Å². The van der Waals surface area contributed by atoms with E-state index in [1.165, 1.54) is 0 Å². The van der Waals surface area contributed by atoms with Gasteiger partial charge in [0.15, 0.2) is 5.65 Å². The fourth-order valence-corrected chi connectivity index (χ4v) is 1.80. The maximum absolute atomic E-state index is 9.07. The van der Waals surface area contributed by atoms with Crippen LogP contribution in [-0.2, 0) is 6.54 Å². The number of rotatable bonds is 2. The van der Waals surface area contributed by atoms with Crippen LogP contribution in [0.15, 0.2) is 12.4 Å². The molecule has 0 amide bonds. The van der Waals surface area contributed by atoms with E-state index in [9.17, 15) is 0 Å². The molecule has 4 nitrogen and oxygen atoms in total. The van der Waals surface area contributed by atoms with E-state index < -0.39 is 0 Å². The van der Waals surface area contributed by atoms with Crippen LogP contribution in [0.4, 0.5) is 0 Å². The Morgan fingerprint density at radius 3 is 2.80 bits per heavy atom. The van der Waals surface area contributed by atoms with Crippen molar-refractivity contribution in [2.45, 2.75) is 27.3 Å². The van der Waals surface area contributed by atoms with Gasteiger partial charge in [-0.3, -0.25) is 0 Å². The lowest BCUT2D eigenvalue weighted by Gasteiger charge is -2.06. The minimum atomic E-state index is 0.558. The molecule has 2 rings (SSSR count). The highest BCUT2D eigenvalue weighted by Gasteiger charge is 2.13. The molecule has 0 fully saturated rings.